The minimum Gasteiger partial charge on any atom is -0.475 e. The summed E-state index contributed by atoms with van der Waals surface area (Å²) in [6.07, 6.45) is 3.85. The van der Waals surface area contributed by atoms with Crippen LogP contribution in [0, 0.1) is 5.92 Å². The number of alkyl halides is 3. The van der Waals surface area contributed by atoms with Crippen LogP contribution in [0.3, 0.4) is 0 Å². The van der Waals surface area contributed by atoms with Crippen LogP contribution in [0.1, 0.15) is 84.9 Å². The molecule has 8 nitrogen and oxygen atoms in total. The lowest BCUT2D eigenvalue weighted by molar-refractivity contribution is -0.192. The van der Waals surface area contributed by atoms with Crippen molar-refractivity contribution in [3.63, 3.8) is 0 Å². The molecular formula is C23H38F3N5O3. The van der Waals surface area contributed by atoms with Gasteiger partial charge in [-0.15, -0.1) is 5.10 Å². The van der Waals surface area contributed by atoms with E-state index < -0.39 is 12.1 Å². The fourth-order valence-electron chi connectivity index (χ4n) is 5.30. The summed E-state index contributed by atoms with van der Waals surface area (Å²) in [5.41, 5.74) is 1.28. The van der Waals surface area contributed by atoms with Crippen LogP contribution in [0.2, 0.25) is 0 Å². The molecule has 0 atom stereocenters. The molecule has 2 aliphatic heterocycles. The van der Waals surface area contributed by atoms with Crippen LogP contribution < -0.4 is 5.32 Å². The summed E-state index contributed by atoms with van der Waals surface area (Å²) in [5, 5.41) is 19.4. The van der Waals surface area contributed by atoms with Gasteiger partial charge in [0.05, 0.1) is 11.7 Å². The number of likely N-dealkylation sites (tertiary alicyclic amines) is 1. The Morgan fingerprint density at radius 1 is 1.15 bits per heavy atom. The van der Waals surface area contributed by atoms with E-state index in [0.29, 0.717) is 24.3 Å². The molecule has 0 bridgehead atoms. The van der Waals surface area contributed by atoms with Gasteiger partial charge in [-0.1, -0.05) is 18.6 Å². The van der Waals surface area contributed by atoms with Crippen molar-refractivity contribution < 1.29 is 27.9 Å². The standard InChI is InChI=1S/C21H37N5O.C2HF3O2/c1-6-7-17-15-26(24-22-17)18-8-10-25(11-9-18)19(27)12-16-13-20(2,3)23-21(4,5)14-16;3-2(4,5)1(6)7/h15-16,18,23H,6-14H2,1-5H3;(H,6,7). The van der Waals surface area contributed by atoms with Gasteiger partial charge >= 0.3 is 12.1 Å². The number of carboxylic acids is 1. The Hall–Kier alpha value is -2.17. The van der Waals surface area contributed by atoms with Crippen molar-refractivity contribution in [3.8, 4) is 0 Å². The monoisotopic (exact) mass is 489 g/mol. The normalized spacial score (nSPS) is 21.0. The summed E-state index contributed by atoms with van der Waals surface area (Å²) in [6, 6.07) is 0.379. The highest BCUT2D eigenvalue weighted by Gasteiger charge is 2.39. The Morgan fingerprint density at radius 3 is 2.15 bits per heavy atom. The Labute approximate surface area is 199 Å². The highest BCUT2D eigenvalue weighted by molar-refractivity contribution is 5.76. The average Bonchev–Trinajstić information content (AvgIpc) is 3.14. The van der Waals surface area contributed by atoms with Crippen molar-refractivity contribution >= 4 is 11.9 Å². The number of hydrogen-bond acceptors (Lipinski definition) is 5. The maximum Gasteiger partial charge on any atom is 0.490 e. The number of amides is 1. The number of aliphatic carboxylic acids is 1. The zero-order valence-electron chi connectivity index (χ0n) is 20.8. The predicted molar refractivity (Wildman–Crippen MR) is 121 cm³/mol. The van der Waals surface area contributed by atoms with Gasteiger partial charge in [-0.2, -0.15) is 13.2 Å². The number of piperidine rings is 2. The first kappa shape index (κ1) is 28.1. The van der Waals surface area contributed by atoms with Crippen LogP contribution in [0.4, 0.5) is 13.2 Å². The third kappa shape index (κ3) is 8.56. The number of aryl methyl sites for hydroxylation is 1. The second-order valence-corrected chi connectivity index (χ2v) is 10.7. The van der Waals surface area contributed by atoms with Gasteiger partial charge in [-0.3, -0.25) is 4.79 Å². The molecule has 0 saturated carbocycles. The molecule has 1 amide bonds. The molecule has 3 heterocycles. The number of nitrogens with zero attached hydrogens (tertiary/aromatic N) is 4. The molecule has 0 unspecified atom stereocenters. The molecule has 2 fully saturated rings. The van der Waals surface area contributed by atoms with E-state index in [0.717, 1.165) is 57.3 Å². The van der Waals surface area contributed by atoms with Crippen molar-refractivity contribution in [3.05, 3.63) is 11.9 Å². The summed E-state index contributed by atoms with van der Waals surface area (Å²) in [4.78, 5) is 23.9. The number of halogens is 3. The van der Waals surface area contributed by atoms with E-state index in [2.05, 4.69) is 61.3 Å². The van der Waals surface area contributed by atoms with Gasteiger partial charge in [-0.25, -0.2) is 9.48 Å². The van der Waals surface area contributed by atoms with Crippen LogP contribution in [0.25, 0.3) is 0 Å². The topological polar surface area (TPSA) is 100 Å². The Bertz CT molecular complexity index is 814. The molecule has 1 aromatic heterocycles. The quantitative estimate of drug-likeness (QED) is 0.649. The number of rotatable bonds is 5. The summed E-state index contributed by atoms with van der Waals surface area (Å²) < 4.78 is 33.8. The van der Waals surface area contributed by atoms with Crippen LogP contribution in [-0.2, 0) is 16.0 Å². The van der Waals surface area contributed by atoms with Crippen molar-refractivity contribution in [2.45, 2.75) is 103 Å². The minimum absolute atomic E-state index is 0.100. The summed E-state index contributed by atoms with van der Waals surface area (Å²) in [7, 11) is 0. The van der Waals surface area contributed by atoms with Crippen molar-refractivity contribution in [2.24, 2.45) is 5.92 Å². The molecule has 194 valence electrons. The van der Waals surface area contributed by atoms with Crippen LogP contribution in [0.5, 0.6) is 0 Å². The van der Waals surface area contributed by atoms with E-state index in [9.17, 15) is 18.0 Å². The van der Waals surface area contributed by atoms with Gasteiger partial charge < -0.3 is 15.3 Å². The van der Waals surface area contributed by atoms with Gasteiger partial charge in [0.2, 0.25) is 5.91 Å². The predicted octanol–water partition coefficient (Wildman–Crippen LogP) is 3.97. The Morgan fingerprint density at radius 2 is 1.68 bits per heavy atom. The first-order valence-corrected chi connectivity index (χ1v) is 11.9. The molecule has 2 N–H and O–H groups in total. The van der Waals surface area contributed by atoms with Crippen molar-refractivity contribution in [2.75, 3.05) is 13.1 Å². The SMILES string of the molecule is CCCc1cn(C2CCN(C(=O)CC3CC(C)(C)NC(C)(C)C3)CC2)nn1.O=C(O)C(F)(F)F. The molecule has 0 radical (unpaired) electrons. The minimum atomic E-state index is -5.08. The van der Waals surface area contributed by atoms with Gasteiger partial charge in [0.15, 0.2) is 0 Å². The fraction of sp³-hybridized carbons (Fsp3) is 0.826. The average molecular weight is 490 g/mol. The number of aromatic nitrogens is 3. The Kier molecular flexibility index (Phi) is 9.12. The number of carbonyl (C=O) groups is 2. The fourth-order valence-corrected chi connectivity index (χ4v) is 5.30. The summed E-state index contributed by atoms with van der Waals surface area (Å²) in [6.45, 7) is 12.8. The smallest absolute Gasteiger partial charge is 0.475 e. The zero-order valence-corrected chi connectivity index (χ0v) is 20.8. The van der Waals surface area contributed by atoms with E-state index in [1.807, 2.05) is 4.68 Å². The summed E-state index contributed by atoms with van der Waals surface area (Å²) in [5.74, 6) is -1.96. The van der Waals surface area contributed by atoms with Crippen molar-refractivity contribution in [1.29, 1.82) is 0 Å². The van der Waals surface area contributed by atoms with E-state index in [-0.39, 0.29) is 11.1 Å². The van der Waals surface area contributed by atoms with Crippen molar-refractivity contribution in [1.82, 2.24) is 25.2 Å². The number of nitrogens with one attached hydrogen (secondary N) is 1. The third-order valence-electron chi connectivity index (χ3n) is 6.24. The Balaban J connectivity index is 0.000000509. The molecule has 34 heavy (non-hydrogen) atoms. The number of carboxylic acid groups (broad SMARTS) is 1. The van der Waals surface area contributed by atoms with E-state index in [1.54, 1.807) is 0 Å². The molecule has 2 saturated heterocycles. The lowest BCUT2D eigenvalue weighted by atomic mass is 9.74. The largest absolute Gasteiger partial charge is 0.490 e. The van der Waals surface area contributed by atoms with E-state index in [1.165, 1.54) is 0 Å². The first-order chi connectivity index (χ1) is 15.6. The molecule has 1 aromatic rings. The lowest BCUT2D eigenvalue weighted by Crippen LogP contribution is -2.58. The number of hydrogen-bond donors (Lipinski definition) is 2. The maximum absolute atomic E-state index is 12.9. The molecule has 0 aliphatic carbocycles. The highest BCUT2D eigenvalue weighted by atomic mass is 19.4. The number of carbonyl (C=O) groups excluding carboxylic acids is 1. The third-order valence-corrected chi connectivity index (χ3v) is 6.24. The molecule has 0 aromatic carbocycles. The zero-order chi connectivity index (χ0) is 25.7. The van der Waals surface area contributed by atoms with Crippen LogP contribution >= 0.6 is 0 Å². The lowest BCUT2D eigenvalue weighted by Gasteiger charge is -2.46. The van der Waals surface area contributed by atoms with Gasteiger partial charge in [0.1, 0.15) is 0 Å². The van der Waals surface area contributed by atoms with E-state index >= 15 is 0 Å². The van der Waals surface area contributed by atoms with Gasteiger partial charge in [0, 0.05) is 36.8 Å². The second-order valence-electron chi connectivity index (χ2n) is 10.7. The maximum atomic E-state index is 12.9. The molecule has 2 aliphatic rings. The summed E-state index contributed by atoms with van der Waals surface area (Å²) >= 11 is 0. The van der Waals surface area contributed by atoms with Gasteiger partial charge in [0.25, 0.3) is 0 Å². The van der Waals surface area contributed by atoms with Gasteiger partial charge in [-0.05, 0) is 65.7 Å². The molecular weight excluding hydrogens is 451 g/mol. The van der Waals surface area contributed by atoms with E-state index in [4.69, 9.17) is 9.90 Å². The molecule has 3 rings (SSSR count). The first-order valence-electron chi connectivity index (χ1n) is 11.9. The second kappa shape index (κ2) is 11.0. The molecule has 11 heteroatoms. The molecule has 0 spiro atoms. The highest BCUT2D eigenvalue weighted by Crippen LogP contribution is 2.35. The van der Waals surface area contributed by atoms with Crippen LogP contribution in [0.15, 0.2) is 6.20 Å². The van der Waals surface area contributed by atoms with Crippen LogP contribution in [-0.4, -0.2) is 67.2 Å².